The first-order chi connectivity index (χ1) is 8.82. The van der Waals surface area contributed by atoms with Crippen molar-refractivity contribution in [1.82, 2.24) is 5.32 Å². The van der Waals surface area contributed by atoms with Gasteiger partial charge in [-0.3, -0.25) is 4.79 Å². The molecule has 0 aromatic heterocycles. The molecule has 0 bridgehead atoms. The predicted octanol–water partition coefficient (Wildman–Crippen LogP) is 2.79. The molecule has 1 saturated carbocycles. The highest BCUT2D eigenvalue weighted by Crippen LogP contribution is 2.28. The van der Waals surface area contributed by atoms with Crippen LogP contribution < -0.4 is 11.1 Å². The molecule has 3 atom stereocenters. The van der Waals surface area contributed by atoms with Gasteiger partial charge in [0.15, 0.2) is 0 Å². The number of amides is 1. The van der Waals surface area contributed by atoms with Gasteiger partial charge < -0.3 is 11.1 Å². The molecule has 3 N–H and O–H groups in total. The zero-order valence-electron chi connectivity index (χ0n) is 13.3. The number of carbonyl (C=O) groups excluding carboxylic acids is 1. The third-order valence-corrected chi connectivity index (χ3v) is 4.85. The average Bonchev–Trinajstić information content (AvgIpc) is 2.31. The Morgan fingerprint density at radius 2 is 1.79 bits per heavy atom. The first kappa shape index (κ1) is 16.5. The van der Waals surface area contributed by atoms with Crippen molar-refractivity contribution in [2.24, 2.45) is 35.3 Å². The molecule has 1 aliphatic rings. The van der Waals surface area contributed by atoms with E-state index in [1.165, 1.54) is 0 Å². The standard InChI is InChI=1S/C16H32N2O/c1-10(2)14(11(3)4)9-18-16(19)13-7-6-12(5)15(17)8-13/h10-15H,6-9,17H2,1-5H3,(H,18,19). The zero-order valence-corrected chi connectivity index (χ0v) is 13.3. The van der Waals surface area contributed by atoms with Crippen molar-refractivity contribution < 1.29 is 4.79 Å². The normalized spacial score (nSPS) is 28.2. The van der Waals surface area contributed by atoms with E-state index in [1.807, 2.05) is 0 Å². The summed E-state index contributed by atoms with van der Waals surface area (Å²) >= 11 is 0. The van der Waals surface area contributed by atoms with Gasteiger partial charge >= 0.3 is 0 Å². The average molecular weight is 268 g/mol. The van der Waals surface area contributed by atoms with Crippen molar-refractivity contribution in [2.45, 2.75) is 59.9 Å². The summed E-state index contributed by atoms with van der Waals surface area (Å²) < 4.78 is 0. The third kappa shape index (κ3) is 4.79. The Bertz CT molecular complexity index is 280. The lowest BCUT2D eigenvalue weighted by atomic mass is 9.79. The van der Waals surface area contributed by atoms with Crippen LogP contribution in [0, 0.1) is 29.6 Å². The zero-order chi connectivity index (χ0) is 14.6. The molecule has 0 aliphatic heterocycles. The number of hydrogen-bond donors (Lipinski definition) is 2. The molecule has 1 amide bonds. The van der Waals surface area contributed by atoms with Crippen LogP contribution in [0.1, 0.15) is 53.9 Å². The van der Waals surface area contributed by atoms with Crippen LogP contribution in [-0.4, -0.2) is 18.5 Å². The van der Waals surface area contributed by atoms with Gasteiger partial charge in [0.2, 0.25) is 5.91 Å². The van der Waals surface area contributed by atoms with E-state index in [2.05, 4.69) is 39.9 Å². The van der Waals surface area contributed by atoms with Crippen molar-refractivity contribution >= 4 is 5.91 Å². The van der Waals surface area contributed by atoms with Crippen molar-refractivity contribution in [3.8, 4) is 0 Å². The number of rotatable bonds is 5. The van der Waals surface area contributed by atoms with Gasteiger partial charge in [-0.25, -0.2) is 0 Å². The summed E-state index contributed by atoms with van der Waals surface area (Å²) in [6, 6.07) is 0.190. The minimum atomic E-state index is 0.131. The second kappa shape index (κ2) is 7.28. The lowest BCUT2D eigenvalue weighted by Crippen LogP contribution is -2.43. The van der Waals surface area contributed by atoms with E-state index in [-0.39, 0.29) is 17.9 Å². The topological polar surface area (TPSA) is 55.1 Å². The molecular formula is C16H32N2O. The first-order valence-electron chi connectivity index (χ1n) is 7.86. The van der Waals surface area contributed by atoms with Gasteiger partial charge in [0.1, 0.15) is 0 Å². The van der Waals surface area contributed by atoms with Crippen LogP contribution in [-0.2, 0) is 4.79 Å². The van der Waals surface area contributed by atoms with Gasteiger partial charge in [-0.1, -0.05) is 34.6 Å². The van der Waals surface area contributed by atoms with E-state index < -0.39 is 0 Å². The smallest absolute Gasteiger partial charge is 0.223 e. The van der Waals surface area contributed by atoms with Gasteiger partial charge in [0.25, 0.3) is 0 Å². The molecule has 0 saturated heterocycles. The SMILES string of the molecule is CC(C)C(CNC(=O)C1CCC(C)C(N)C1)C(C)C. The predicted molar refractivity (Wildman–Crippen MR) is 80.7 cm³/mol. The summed E-state index contributed by atoms with van der Waals surface area (Å²) in [6.07, 6.45) is 2.92. The largest absolute Gasteiger partial charge is 0.356 e. The van der Waals surface area contributed by atoms with Gasteiger partial charge in [0.05, 0.1) is 0 Å². The minimum absolute atomic E-state index is 0.131. The summed E-state index contributed by atoms with van der Waals surface area (Å²) in [5.41, 5.74) is 6.08. The van der Waals surface area contributed by atoms with E-state index >= 15 is 0 Å². The Kier molecular flexibility index (Phi) is 6.31. The summed E-state index contributed by atoms with van der Waals surface area (Å²) in [5, 5.41) is 3.16. The summed E-state index contributed by atoms with van der Waals surface area (Å²) in [4.78, 5) is 12.2. The van der Waals surface area contributed by atoms with E-state index in [1.54, 1.807) is 0 Å². The highest BCUT2D eigenvalue weighted by Gasteiger charge is 2.30. The molecule has 1 fully saturated rings. The van der Waals surface area contributed by atoms with Crippen molar-refractivity contribution in [1.29, 1.82) is 0 Å². The van der Waals surface area contributed by atoms with Gasteiger partial charge in [-0.15, -0.1) is 0 Å². The second-order valence-electron chi connectivity index (χ2n) is 7.05. The maximum Gasteiger partial charge on any atom is 0.223 e. The van der Waals surface area contributed by atoms with Crippen molar-refractivity contribution in [3.63, 3.8) is 0 Å². The Hall–Kier alpha value is -0.570. The van der Waals surface area contributed by atoms with Gasteiger partial charge in [-0.05, 0) is 42.9 Å². The Morgan fingerprint density at radius 3 is 2.26 bits per heavy atom. The summed E-state index contributed by atoms with van der Waals surface area (Å²) in [6.45, 7) is 11.9. The summed E-state index contributed by atoms with van der Waals surface area (Å²) in [7, 11) is 0. The number of nitrogens with one attached hydrogen (secondary N) is 1. The van der Waals surface area contributed by atoms with Crippen molar-refractivity contribution in [3.05, 3.63) is 0 Å². The molecule has 3 unspecified atom stereocenters. The number of hydrogen-bond acceptors (Lipinski definition) is 2. The maximum absolute atomic E-state index is 12.2. The van der Waals surface area contributed by atoms with Crippen LogP contribution >= 0.6 is 0 Å². The van der Waals surface area contributed by atoms with E-state index in [0.29, 0.717) is 23.7 Å². The van der Waals surface area contributed by atoms with Crippen LogP contribution in [0.2, 0.25) is 0 Å². The molecule has 3 nitrogen and oxygen atoms in total. The Morgan fingerprint density at radius 1 is 1.21 bits per heavy atom. The molecule has 19 heavy (non-hydrogen) atoms. The second-order valence-corrected chi connectivity index (χ2v) is 7.05. The van der Waals surface area contributed by atoms with E-state index in [9.17, 15) is 4.79 Å². The van der Waals surface area contributed by atoms with E-state index in [0.717, 1.165) is 25.8 Å². The fourth-order valence-corrected chi connectivity index (χ4v) is 3.20. The van der Waals surface area contributed by atoms with Crippen molar-refractivity contribution in [2.75, 3.05) is 6.54 Å². The van der Waals surface area contributed by atoms with Crippen LogP contribution in [0.4, 0.5) is 0 Å². The monoisotopic (exact) mass is 268 g/mol. The fourth-order valence-electron chi connectivity index (χ4n) is 3.20. The maximum atomic E-state index is 12.2. The molecule has 0 radical (unpaired) electrons. The molecule has 0 heterocycles. The first-order valence-corrected chi connectivity index (χ1v) is 7.86. The molecular weight excluding hydrogens is 236 g/mol. The molecule has 0 spiro atoms. The number of carbonyl (C=O) groups is 1. The van der Waals surface area contributed by atoms with Crippen LogP contribution in [0.25, 0.3) is 0 Å². The van der Waals surface area contributed by atoms with Gasteiger partial charge in [0, 0.05) is 18.5 Å². The molecule has 112 valence electrons. The minimum Gasteiger partial charge on any atom is -0.356 e. The number of nitrogens with two attached hydrogens (primary N) is 1. The molecule has 1 aliphatic carbocycles. The summed E-state index contributed by atoms with van der Waals surface area (Å²) in [5.74, 6) is 2.67. The molecule has 0 aromatic carbocycles. The lowest BCUT2D eigenvalue weighted by Gasteiger charge is -2.32. The highest BCUT2D eigenvalue weighted by atomic mass is 16.1. The van der Waals surface area contributed by atoms with Crippen LogP contribution in [0.5, 0.6) is 0 Å². The fraction of sp³-hybridized carbons (Fsp3) is 0.938. The Balaban J connectivity index is 2.42. The van der Waals surface area contributed by atoms with Crippen LogP contribution in [0.3, 0.4) is 0 Å². The molecule has 3 heteroatoms. The van der Waals surface area contributed by atoms with E-state index in [4.69, 9.17) is 5.73 Å². The quantitative estimate of drug-likeness (QED) is 0.805. The molecule has 0 aromatic rings. The van der Waals surface area contributed by atoms with Crippen LogP contribution in [0.15, 0.2) is 0 Å². The lowest BCUT2D eigenvalue weighted by molar-refractivity contribution is -0.126. The third-order valence-electron chi connectivity index (χ3n) is 4.85. The Labute approximate surface area is 118 Å². The van der Waals surface area contributed by atoms with Gasteiger partial charge in [-0.2, -0.15) is 0 Å². The molecule has 1 rings (SSSR count). The highest BCUT2D eigenvalue weighted by molar-refractivity contribution is 5.78.